The molecule has 1 rings (SSSR count). The van der Waals surface area contributed by atoms with Crippen molar-refractivity contribution in [3.8, 4) is 0 Å². The van der Waals surface area contributed by atoms with Crippen molar-refractivity contribution in [3.05, 3.63) is 12.2 Å². The molecule has 1 heterocycles. The second-order valence-electron chi connectivity index (χ2n) is 3.38. The Bertz CT molecular complexity index is 155. The number of hydrogen-bond acceptors (Lipinski definition) is 2. The van der Waals surface area contributed by atoms with Crippen molar-refractivity contribution in [1.29, 1.82) is 0 Å². The molecule has 13 heavy (non-hydrogen) atoms. The van der Waals surface area contributed by atoms with Crippen LogP contribution >= 0.6 is 0 Å². The third kappa shape index (κ3) is 5.45. The summed E-state index contributed by atoms with van der Waals surface area (Å²) in [6, 6.07) is 0. The number of rotatable bonds is 2. The summed E-state index contributed by atoms with van der Waals surface area (Å²) >= 11 is 0. The van der Waals surface area contributed by atoms with Gasteiger partial charge in [0, 0.05) is 12.0 Å². The van der Waals surface area contributed by atoms with Gasteiger partial charge in [-0.1, -0.05) is 39.7 Å². The Morgan fingerprint density at radius 3 is 2.08 bits per heavy atom. The van der Waals surface area contributed by atoms with Crippen molar-refractivity contribution in [3.63, 3.8) is 0 Å². The van der Waals surface area contributed by atoms with E-state index in [9.17, 15) is 4.79 Å². The summed E-state index contributed by atoms with van der Waals surface area (Å²) < 4.78 is 4.73. The highest BCUT2D eigenvalue weighted by Crippen LogP contribution is 2.16. The van der Waals surface area contributed by atoms with E-state index in [1.807, 2.05) is 6.92 Å². The minimum Gasteiger partial charge on any atom is -0.459 e. The first-order valence-electron chi connectivity index (χ1n) is 5.00. The second kappa shape index (κ2) is 6.70. The summed E-state index contributed by atoms with van der Waals surface area (Å²) in [5.41, 5.74) is 0.595. The van der Waals surface area contributed by atoms with Crippen LogP contribution in [0.1, 0.15) is 46.5 Å². The number of hydrogen-bond donors (Lipinski definition) is 0. The molecule has 0 aromatic carbocycles. The Labute approximate surface area is 81.0 Å². The molecule has 1 atom stereocenters. The van der Waals surface area contributed by atoms with Crippen LogP contribution in [0, 0.1) is 0 Å². The molecule has 2 nitrogen and oxygen atoms in total. The standard InChI is InChI=1S/C6H8O2.C5H12/c1-4-3-5(2)8-6(4)7;1-3-5-4-2/h5H,1,3H2,2H3;3-5H2,1-2H3. The van der Waals surface area contributed by atoms with Gasteiger partial charge in [0.05, 0.1) is 0 Å². The molecule has 0 amide bonds. The number of cyclic esters (lactones) is 1. The van der Waals surface area contributed by atoms with Crippen LogP contribution in [-0.4, -0.2) is 12.1 Å². The van der Waals surface area contributed by atoms with Gasteiger partial charge in [-0.25, -0.2) is 4.79 Å². The topological polar surface area (TPSA) is 26.3 Å². The molecule has 76 valence electrons. The molecule has 1 saturated heterocycles. The van der Waals surface area contributed by atoms with Crippen LogP contribution in [0.15, 0.2) is 12.2 Å². The summed E-state index contributed by atoms with van der Waals surface area (Å²) in [5.74, 6) is -0.238. The molecule has 0 saturated carbocycles. The Balaban J connectivity index is 0.000000252. The van der Waals surface area contributed by atoms with Crippen molar-refractivity contribution >= 4 is 5.97 Å². The molecule has 0 bridgehead atoms. The smallest absolute Gasteiger partial charge is 0.333 e. The number of esters is 1. The van der Waals surface area contributed by atoms with Gasteiger partial charge in [-0.3, -0.25) is 0 Å². The molecular weight excluding hydrogens is 164 g/mol. The molecule has 1 aliphatic heterocycles. The lowest BCUT2D eigenvalue weighted by atomic mass is 10.2. The molecule has 0 aliphatic carbocycles. The lowest BCUT2D eigenvalue weighted by Gasteiger charge is -1.94. The zero-order valence-electron chi connectivity index (χ0n) is 8.93. The van der Waals surface area contributed by atoms with E-state index in [-0.39, 0.29) is 12.1 Å². The lowest BCUT2D eigenvalue weighted by molar-refractivity contribution is -0.138. The van der Waals surface area contributed by atoms with Crippen LogP contribution in [0.25, 0.3) is 0 Å². The van der Waals surface area contributed by atoms with Crippen molar-refractivity contribution in [2.45, 2.75) is 52.6 Å². The van der Waals surface area contributed by atoms with E-state index < -0.39 is 0 Å². The molecule has 1 unspecified atom stereocenters. The van der Waals surface area contributed by atoms with Crippen molar-refractivity contribution < 1.29 is 9.53 Å². The van der Waals surface area contributed by atoms with Gasteiger partial charge in [-0.15, -0.1) is 0 Å². The van der Waals surface area contributed by atoms with Crippen LogP contribution in [-0.2, 0) is 9.53 Å². The average molecular weight is 184 g/mol. The van der Waals surface area contributed by atoms with E-state index in [0.717, 1.165) is 0 Å². The summed E-state index contributed by atoms with van der Waals surface area (Å²) in [4.78, 5) is 10.5. The fraction of sp³-hybridized carbons (Fsp3) is 0.727. The van der Waals surface area contributed by atoms with Crippen LogP contribution in [0.4, 0.5) is 0 Å². The Hall–Kier alpha value is -0.790. The minimum atomic E-state index is -0.238. The Morgan fingerprint density at radius 2 is 2.00 bits per heavy atom. The van der Waals surface area contributed by atoms with E-state index in [1.165, 1.54) is 19.3 Å². The van der Waals surface area contributed by atoms with Crippen molar-refractivity contribution in [1.82, 2.24) is 0 Å². The first-order valence-corrected chi connectivity index (χ1v) is 5.00. The van der Waals surface area contributed by atoms with E-state index >= 15 is 0 Å². The normalized spacial score (nSPS) is 20.7. The minimum absolute atomic E-state index is 0.0509. The first-order chi connectivity index (χ1) is 6.11. The molecule has 0 N–H and O–H groups in total. The maximum Gasteiger partial charge on any atom is 0.333 e. The highest BCUT2D eigenvalue weighted by Gasteiger charge is 2.22. The Kier molecular flexibility index (Phi) is 6.29. The van der Waals surface area contributed by atoms with Gasteiger partial charge in [0.2, 0.25) is 0 Å². The lowest BCUT2D eigenvalue weighted by Crippen LogP contribution is -1.99. The van der Waals surface area contributed by atoms with Crippen molar-refractivity contribution in [2.24, 2.45) is 0 Å². The quantitative estimate of drug-likeness (QED) is 0.487. The monoisotopic (exact) mass is 184 g/mol. The third-order valence-corrected chi connectivity index (χ3v) is 1.84. The van der Waals surface area contributed by atoms with Crippen LogP contribution in [0.5, 0.6) is 0 Å². The maximum absolute atomic E-state index is 10.5. The summed E-state index contributed by atoms with van der Waals surface area (Å²) in [7, 11) is 0. The van der Waals surface area contributed by atoms with E-state index in [4.69, 9.17) is 4.74 Å². The maximum atomic E-state index is 10.5. The molecular formula is C11H20O2. The SMILES string of the molecule is C=C1CC(C)OC1=O.CCCCC. The second-order valence-corrected chi connectivity index (χ2v) is 3.38. The van der Waals surface area contributed by atoms with Gasteiger partial charge < -0.3 is 4.74 Å². The van der Waals surface area contributed by atoms with Gasteiger partial charge in [0.1, 0.15) is 6.10 Å². The summed E-state index contributed by atoms with van der Waals surface area (Å²) in [6.45, 7) is 9.79. The number of carbonyl (C=O) groups excluding carboxylic acids is 1. The van der Waals surface area contributed by atoms with E-state index in [2.05, 4.69) is 20.4 Å². The van der Waals surface area contributed by atoms with E-state index in [1.54, 1.807) is 0 Å². The molecule has 0 radical (unpaired) electrons. The zero-order chi connectivity index (χ0) is 10.3. The highest BCUT2D eigenvalue weighted by atomic mass is 16.5. The Morgan fingerprint density at radius 1 is 1.46 bits per heavy atom. The molecule has 1 aliphatic rings. The molecule has 0 spiro atoms. The summed E-state index contributed by atoms with van der Waals surface area (Å²) in [5, 5.41) is 0. The number of carbonyl (C=O) groups is 1. The van der Waals surface area contributed by atoms with Gasteiger partial charge >= 0.3 is 5.97 Å². The molecule has 0 aromatic rings. The van der Waals surface area contributed by atoms with Gasteiger partial charge in [0.25, 0.3) is 0 Å². The highest BCUT2D eigenvalue weighted by molar-refractivity contribution is 5.89. The fourth-order valence-corrected chi connectivity index (χ4v) is 1.09. The van der Waals surface area contributed by atoms with Crippen LogP contribution in [0.3, 0.4) is 0 Å². The van der Waals surface area contributed by atoms with Gasteiger partial charge in [-0.2, -0.15) is 0 Å². The van der Waals surface area contributed by atoms with Gasteiger partial charge in [-0.05, 0) is 6.92 Å². The largest absolute Gasteiger partial charge is 0.459 e. The van der Waals surface area contributed by atoms with E-state index in [0.29, 0.717) is 12.0 Å². The van der Waals surface area contributed by atoms with Crippen molar-refractivity contribution in [2.75, 3.05) is 0 Å². The van der Waals surface area contributed by atoms with Gasteiger partial charge in [0.15, 0.2) is 0 Å². The number of unbranched alkanes of at least 4 members (excludes halogenated alkanes) is 2. The fourth-order valence-electron chi connectivity index (χ4n) is 1.09. The zero-order valence-corrected chi connectivity index (χ0v) is 8.93. The van der Waals surface area contributed by atoms with Crippen LogP contribution in [0.2, 0.25) is 0 Å². The molecule has 2 heteroatoms. The first kappa shape index (κ1) is 12.2. The average Bonchev–Trinajstić information content (AvgIpc) is 2.32. The predicted octanol–water partition coefficient (Wildman–Crippen LogP) is 3.07. The predicted molar refractivity (Wildman–Crippen MR) is 54.5 cm³/mol. The van der Waals surface area contributed by atoms with Crippen LogP contribution < -0.4 is 0 Å². The molecule has 1 fully saturated rings. The summed E-state index contributed by atoms with van der Waals surface area (Å²) in [6.07, 6.45) is 4.82. The third-order valence-electron chi connectivity index (χ3n) is 1.84. The number of ether oxygens (including phenoxy) is 1. The molecule has 0 aromatic heterocycles.